The first-order chi connectivity index (χ1) is 10.2. The van der Waals surface area contributed by atoms with Crippen molar-refractivity contribution < 1.29 is 5.11 Å². The maximum absolute atomic E-state index is 10.1. The highest BCUT2D eigenvalue weighted by Crippen LogP contribution is 2.39. The van der Waals surface area contributed by atoms with Crippen molar-refractivity contribution in [2.75, 3.05) is 6.54 Å². The van der Waals surface area contributed by atoms with E-state index >= 15 is 0 Å². The Labute approximate surface area is 130 Å². The van der Waals surface area contributed by atoms with Crippen LogP contribution in [0.3, 0.4) is 0 Å². The van der Waals surface area contributed by atoms with Crippen molar-refractivity contribution in [3.8, 4) is 0 Å². The summed E-state index contributed by atoms with van der Waals surface area (Å²) in [5, 5.41) is 14.1. The standard InChI is InChI=1S/C18H20ClNO/c19-17-9-7-16(8-10-17)18(21)12-20-11-13-1-3-14(4-2-13)15-5-6-15/h1-4,7-10,15,18,20-21H,5-6,11-12H2/t18-/m0/s1. The van der Waals surface area contributed by atoms with E-state index in [1.807, 2.05) is 12.1 Å². The second-order valence-electron chi connectivity index (χ2n) is 5.71. The fourth-order valence-electron chi connectivity index (χ4n) is 2.48. The Kier molecular flexibility index (Phi) is 4.59. The van der Waals surface area contributed by atoms with Gasteiger partial charge in [-0.3, -0.25) is 0 Å². The number of aliphatic hydroxyl groups excluding tert-OH is 1. The summed E-state index contributed by atoms with van der Waals surface area (Å²) in [4.78, 5) is 0. The molecule has 1 aliphatic carbocycles. The summed E-state index contributed by atoms with van der Waals surface area (Å²) in [7, 11) is 0. The molecule has 2 aromatic carbocycles. The van der Waals surface area contributed by atoms with Crippen molar-refractivity contribution in [3.05, 3.63) is 70.2 Å². The first-order valence-electron chi connectivity index (χ1n) is 7.45. The summed E-state index contributed by atoms with van der Waals surface area (Å²) < 4.78 is 0. The van der Waals surface area contributed by atoms with Gasteiger partial charge in [0.25, 0.3) is 0 Å². The van der Waals surface area contributed by atoms with Crippen LogP contribution in [-0.2, 0) is 6.54 Å². The zero-order chi connectivity index (χ0) is 14.7. The van der Waals surface area contributed by atoms with Crippen molar-refractivity contribution in [1.82, 2.24) is 5.32 Å². The first-order valence-corrected chi connectivity index (χ1v) is 7.83. The molecular formula is C18H20ClNO. The molecule has 0 saturated heterocycles. The van der Waals surface area contributed by atoms with Crippen LogP contribution < -0.4 is 5.32 Å². The van der Waals surface area contributed by atoms with Gasteiger partial charge in [0.1, 0.15) is 0 Å². The normalized spacial score (nSPS) is 15.9. The number of benzene rings is 2. The molecular weight excluding hydrogens is 282 g/mol. The predicted molar refractivity (Wildman–Crippen MR) is 86.5 cm³/mol. The molecule has 2 aromatic rings. The molecule has 1 fully saturated rings. The average Bonchev–Trinajstić information content (AvgIpc) is 3.33. The summed E-state index contributed by atoms with van der Waals surface area (Å²) in [6, 6.07) is 16.1. The van der Waals surface area contributed by atoms with Crippen LogP contribution in [-0.4, -0.2) is 11.7 Å². The minimum absolute atomic E-state index is 0.506. The maximum atomic E-state index is 10.1. The molecule has 0 bridgehead atoms. The Morgan fingerprint density at radius 1 is 1.05 bits per heavy atom. The number of aliphatic hydroxyl groups is 1. The highest BCUT2D eigenvalue weighted by molar-refractivity contribution is 6.30. The van der Waals surface area contributed by atoms with E-state index in [-0.39, 0.29) is 0 Å². The van der Waals surface area contributed by atoms with Crippen molar-refractivity contribution in [2.24, 2.45) is 0 Å². The van der Waals surface area contributed by atoms with Crippen LogP contribution in [0.25, 0.3) is 0 Å². The van der Waals surface area contributed by atoms with Gasteiger partial charge in [0, 0.05) is 18.1 Å². The number of hydrogen-bond donors (Lipinski definition) is 2. The van der Waals surface area contributed by atoms with E-state index in [0.29, 0.717) is 11.6 Å². The fraction of sp³-hybridized carbons (Fsp3) is 0.333. The summed E-state index contributed by atoms with van der Waals surface area (Å²) >= 11 is 5.84. The minimum atomic E-state index is -0.506. The van der Waals surface area contributed by atoms with Crippen LogP contribution in [0, 0.1) is 0 Å². The lowest BCUT2D eigenvalue weighted by atomic mass is 10.1. The van der Waals surface area contributed by atoms with E-state index in [9.17, 15) is 5.11 Å². The van der Waals surface area contributed by atoms with Gasteiger partial charge in [0.15, 0.2) is 0 Å². The molecule has 1 atom stereocenters. The highest BCUT2D eigenvalue weighted by atomic mass is 35.5. The Morgan fingerprint density at radius 3 is 2.33 bits per heavy atom. The zero-order valence-electron chi connectivity index (χ0n) is 11.9. The van der Waals surface area contributed by atoms with Gasteiger partial charge in [0.2, 0.25) is 0 Å². The Hall–Kier alpha value is -1.35. The molecule has 0 heterocycles. The van der Waals surface area contributed by atoms with Gasteiger partial charge >= 0.3 is 0 Å². The molecule has 0 aromatic heterocycles. The monoisotopic (exact) mass is 301 g/mol. The lowest BCUT2D eigenvalue weighted by Crippen LogP contribution is -2.21. The molecule has 0 unspecified atom stereocenters. The lowest BCUT2D eigenvalue weighted by molar-refractivity contribution is 0.174. The van der Waals surface area contributed by atoms with E-state index in [1.54, 1.807) is 12.1 Å². The smallest absolute Gasteiger partial charge is 0.0914 e. The van der Waals surface area contributed by atoms with Gasteiger partial charge in [-0.1, -0.05) is 48.0 Å². The third-order valence-electron chi connectivity index (χ3n) is 3.95. The van der Waals surface area contributed by atoms with Gasteiger partial charge in [-0.25, -0.2) is 0 Å². The molecule has 0 amide bonds. The molecule has 21 heavy (non-hydrogen) atoms. The number of nitrogens with one attached hydrogen (secondary N) is 1. The Morgan fingerprint density at radius 2 is 1.71 bits per heavy atom. The molecule has 0 radical (unpaired) electrons. The number of hydrogen-bond acceptors (Lipinski definition) is 2. The van der Waals surface area contributed by atoms with Crippen molar-refractivity contribution >= 4 is 11.6 Å². The van der Waals surface area contributed by atoms with Crippen LogP contribution >= 0.6 is 11.6 Å². The van der Waals surface area contributed by atoms with Crippen LogP contribution in [0.2, 0.25) is 5.02 Å². The summed E-state index contributed by atoms with van der Waals surface area (Å²) in [6.07, 6.45) is 2.17. The maximum Gasteiger partial charge on any atom is 0.0914 e. The summed E-state index contributed by atoms with van der Waals surface area (Å²) in [5.41, 5.74) is 3.60. The molecule has 2 nitrogen and oxygen atoms in total. The average molecular weight is 302 g/mol. The van der Waals surface area contributed by atoms with Crippen molar-refractivity contribution in [2.45, 2.75) is 31.4 Å². The van der Waals surface area contributed by atoms with E-state index in [2.05, 4.69) is 29.6 Å². The molecule has 110 valence electrons. The topological polar surface area (TPSA) is 32.3 Å². The van der Waals surface area contributed by atoms with E-state index < -0.39 is 6.10 Å². The molecule has 3 heteroatoms. The first kappa shape index (κ1) is 14.6. The van der Waals surface area contributed by atoms with Gasteiger partial charge in [-0.2, -0.15) is 0 Å². The van der Waals surface area contributed by atoms with Crippen molar-refractivity contribution in [1.29, 1.82) is 0 Å². The van der Waals surface area contributed by atoms with Crippen LogP contribution in [0.5, 0.6) is 0 Å². The van der Waals surface area contributed by atoms with Gasteiger partial charge < -0.3 is 10.4 Å². The largest absolute Gasteiger partial charge is 0.387 e. The summed E-state index contributed by atoms with van der Waals surface area (Å²) in [6.45, 7) is 1.31. The van der Waals surface area contributed by atoms with E-state index in [0.717, 1.165) is 18.0 Å². The Balaban J connectivity index is 1.47. The quantitative estimate of drug-likeness (QED) is 0.844. The molecule has 0 spiro atoms. The predicted octanol–water partition coefficient (Wildman–Crippen LogP) is 4.04. The molecule has 0 aliphatic heterocycles. The van der Waals surface area contributed by atoms with Crippen molar-refractivity contribution in [3.63, 3.8) is 0 Å². The second kappa shape index (κ2) is 6.61. The number of halogens is 1. The minimum Gasteiger partial charge on any atom is -0.387 e. The van der Waals surface area contributed by atoms with Crippen LogP contribution in [0.1, 0.15) is 41.6 Å². The summed E-state index contributed by atoms with van der Waals surface area (Å²) in [5.74, 6) is 0.804. The lowest BCUT2D eigenvalue weighted by Gasteiger charge is -2.12. The SMILES string of the molecule is O[C@@H](CNCc1ccc(C2CC2)cc1)c1ccc(Cl)cc1. The molecule has 3 rings (SSSR count). The van der Waals surface area contributed by atoms with Crippen LogP contribution in [0.4, 0.5) is 0 Å². The van der Waals surface area contributed by atoms with Gasteiger partial charge in [-0.15, -0.1) is 0 Å². The third-order valence-corrected chi connectivity index (χ3v) is 4.20. The molecule has 1 saturated carbocycles. The molecule has 1 aliphatic rings. The molecule has 2 N–H and O–H groups in total. The zero-order valence-corrected chi connectivity index (χ0v) is 12.7. The van der Waals surface area contributed by atoms with E-state index in [4.69, 9.17) is 11.6 Å². The second-order valence-corrected chi connectivity index (χ2v) is 6.15. The number of rotatable bonds is 6. The van der Waals surface area contributed by atoms with Gasteiger partial charge in [0.05, 0.1) is 6.10 Å². The van der Waals surface area contributed by atoms with E-state index in [1.165, 1.54) is 24.0 Å². The Bertz CT molecular complexity index is 575. The third kappa shape index (κ3) is 4.07. The van der Waals surface area contributed by atoms with Gasteiger partial charge in [-0.05, 0) is 47.6 Å². The highest BCUT2D eigenvalue weighted by Gasteiger charge is 2.22. The van der Waals surface area contributed by atoms with Crippen LogP contribution in [0.15, 0.2) is 48.5 Å². The fourth-order valence-corrected chi connectivity index (χ4v) is 2.61.